The lowest BCUT2D eigenvalue weighted by Gasteiger charge is -2.11. The molecule has 0 spiro atoms. The molecule has 0 saturated heterocycles. The van der Waals surface area contributed by atoms with Crippen LogP contribution in [0.1, 0.15) is 32.9 Å². The highest BCUT2D eigenvalue weighted by Crippen LogP contribution is 2.17. The van der Waals surface area contributed by atoms with Crippen LogP contribution in [0.15, 0.2) is 54.6 Å². The summed E-state index contributed by atoms with van der Waals surface area (Å²) in [7, 11) is 0. The zero-order chi connectivity index (χ0) is 19.4. The second-order valence-corrected chi connectivity index (χ2v) is 6.54. The van der Waals surface area contributed by atoms with E-state index in [2.05, 4.69) is 10.4 Å². The number of aryl methyl sites for hydroxylation is 2. The van der Waals surface area contributed by atoms with Crippen molar-refractivity contribution in [3.63, 3.8) is 0 Å². The highest BCUT2D eigenvalue weighted by molar-refractivity contribution is 6.05. The Hall–Kier alpha value is -3.41. The van der Waals surface area contributed by atoms with Crippen LogP contribution < -0.4 is 11.1 Å². The van der Waals surface area contributed by atoms with Gasteiger partial charge < -0.3 is 11.1 Å². The van der Waals surface area contributed by atoms with Gasteiger partial charge in [0.05, 0.1) is 18.7 Å². The first-order valence-electron chi connectivity index (χ1n) is 8.70. The number of nitrogens with one attached hydrogen (secondary N) is 1. The monoisotopic (exact) mass is 362 g/mol. The van der Waals surface area contributed by atoms with E-state index in [1.54, 1.807) is 24.3 Å². The Morgan fingerprint density at radius 3 is 2.56 bits per heavy atom. The summed E-state index contributed by atoms with van der Waals surface area (Å²) in [6.45, 7) is 4.56. The van der Waals surface area contributed by atoms with E-state index in [1.807, 2.05) is 48.9 Å². The van der Waals surface area contributed by atoms with Crippen LogP contribution in [0.3, 0.4) is 0 Å². The summed E-state index contributed by atoms with van der Waals surface area (Å²) >= 11 is 0. The number of nitrogens with zero attached hydrogens (tertiary/aromatic N) is 2. The summed E-state index contributed by atoms with van der Waals surface area (Å²) in [6.07, 6.45) is 0.0778. The van der Waals surface area contributed by atoms with Crippen molar-refractivity contribution in [2.24, 2.45) is 5.73 Å². The number of amides is 2. The Labute approximate surface area is 158 Å². The van der Waals surface area contributed by atoms with Gasteiger partial charge in [-0.05, 0) is 49.2 Å². The average Bonchev–Trinajstić information content (AvgIpc) is 2.93. The molecule has 27 heavy (non-hydrogen) atoms. The fraction of sp³-hybridized carbons (Fsp3) is 0.190. The Kier molecular flexibility index (Phi) is 5.35. The molecular weight excluding hydrogens is 340 g/mol. The van der Waals surface area contributed by atoms with E-state index in [1.165, 1.54) is 0 Å². The van der Waals surface area contributed by atoms with E-state index in [-0.39, 0.29) is 12.3 Å². The molecule has 3 N–H and O–H groups in total. The topological polar surface area (TPSA) is 90.0 Å². The molecule has 0 fully saturated rings. The smallest absolute Gasteiger partial charge is 0.255 e. The van der Waals surface area contributed by atoms with Gasteiger partial charge in [0.25, 0.3) is 5.91 Å². The summed E-state index contributed by atoms with van der Waals surface area (Å²) in [5.41, 5.74) is 10.1. The van der Waals surface area contributed by atoms with Crippen LogP contribution in [-0.4, -0.2) is 21.6 Å². The van der Waals surface area contributed by atoms with Crippen molar-refractivity contribution < 1.29 is 9.59 Å². The van der Waals surface area contributed by atoms with Gasteiger partial charge in [-0.2, -0.15) is 5.10 Å². The van der Waals surface area contributed by atoms with E-state index in [0.29, 0.717) is 23.4 Å². The number of anilines is 1. The maximum absolute atomic E-state index is 12.7. The van der Waals surface area contributed by atoms with Crippen LogP contribution in [0.25, 0.3) is 0 Å². The first-order chi connectivity index (χ1) is 12.9. The second kappa shape index (κ2) is 7.86. The van der Waals surface area contributed by atoms with Gasteiger partial charge in [0.1, 0.15) is 0 Å². The molecule has 1 heterocycles. The molecule has 0 aliphatic heterocycles. The number of carbonyl (C=O) groups excluding carboxylic acids is 2. The summed E-state index contributed by atoms with van der Waals surface area (Å²) in [4.78, 5) is 23.9. The third-order valence-corrected chi connectivity index (χ3v) is 4.26. The van der Waals surface area contributed by atoms with Crippen molar-refractivity contribution in [2.75, 3.05) is 5.32 Å². The van der Waals surface area contributed by atoms with Gasteiger partial charge in [-0.1, -0.05) is 30.3 Å². The number of aromatic nitrogens is 2. The van der Waals surface area contributed by atoms with Gasteiger partial charge in [-0.25, -0.2) is 0 Å². The Bertz CT molecular complexity index is 991. The zero-order valence-electron chi connectivity index (χ0n) is 15.4. The normalized spacial score (nSPS) is 10.6. The van der Waals surface area contributed by atoms with Crippen molar-refractivity contribution in [1.29, 1.82) is 0 Å². The van der Waals surface area contributed by atoms with Crippen LogP contribution in [0.5, 0.6) is 0 Å². The lowest BCUT2D eigenvalue weighted by atomic mass is 10.1. The number of hydrogen-bond donors (Lipinski definition) is 2. The molecule has 0 radical (unpaired) electrons. The molecular formula is C21H22N4O2. The summed E-state index contributed by atoms with van der Waals surface area (Å²) in [6, 6.07) is 16.6. The molecule has 6 nitrogen and oxygen atoms in total. The Morgan fingerprint density at radius 2 is 1.85 bits per heavy atom. The molecule has 6 heteroatoms. The first kappa shape index (κ1) is 18.4. The van der Waals surface area contributed by atoms with Crippen molar-refractivity contribution in [3.05, 3.63) is 82.7 Å². The number of benzene rings is 2. The Morgan fingerprint density at radius 1 is 1.07 bits per heavy atom. The predicted octanol–water partition coefficient (Wildman–Crippen LogP) is 2.83. The lowest BCUT2D eigenvalue weighted by Crippen LogP contribution is -2.17. The third-order valence-electron chi connectivity index (χ3n) is 4.26. The van der Waals surface area contributed by atoms with Crippen molar-refractivity contribution >= 4 is 17.5 Å². The van der Waals surface area contributed by atoms with E-state index in [9.17, 15) is 9.59 Å². The van der Waals surface area contributed by atoms with Crippen LogP contribution in [0.2, 0.25) is 0 Å². The molecule has 3 rings (SSSR count). The van der Waals surface area contributed by atoms with Crippen molar-refractivity contribution in [1.82, 2.24) is 9.78 Å². The highest BCUT2D eigenvalue weighted by Gasteiger charge is 2.11. The molecule has 0 atom stereocenters. The minimum atomic E-state index is -0.441. The summed E-state index contributed by atoms with van der Waals surface area (Å²) in [5.74, 6) is -0.675. The van der Waals surface area contributed by atoms with Crippen LogP contribution in [0, 0.1) is 13.8 Å². The third kappa shape index (κ3) is 4.61. The van der Waals surface area contributed by atoms with Gasteiger partial charge in [0.2, 0.25) is 5.91 Å². The summed E-state index contributed by atoms with van der Waals surface area (Å²) < 4.78 is 1.91. The van der Waals surface area contributed by atoms with Gasteiger partial charge in [0.15, 0.2) is 0 Å². The fourth-order valence-electron chi connectivity index (χ4n) is 3.00. The first-order valence-corrected chi connectivity index (χ1v) is 8.70. The largest absolute Gasteiger partial charge is 0.369 e. The number of nitrogens with two attached hydrogens (primary N) is 1. The van der Waals surface area contributed by atoms with Gasteiger partial charge in [-0.3, -0.25) is 14.3 Å². The second-order valence-electron chi connectivity index (χ2n) is 6.54. The zero-order valence-corrected chi connectivity index (χ0v) is 15.4. The molecule has 0 saturated carbocycles. The van der Waals surface area contributed by atoms with Gasteiger partial charge in [0, 0.05) is 16.9 Å². The molecule has 2 amide bonds. The molecule has 0 bridgehead atoms. The molecule has 1 aromatic heterocycles. The van der Waals surface area contributed by atoms with Crippen molar-refractivity contribution in [3.8, 4) is 0 Å². The maximum atomic E-state index is 12.7. The average molecular weight is 362 g/mol. The molecule has 138 valence electrons. The standard InChI is InChI=1S/C21H22N4O2/c1-14-10-15(2)25(24-14)13-16-6-5-8-18(11-16)21(27)23-19-9-4-3-7-17(19)12-20(22)26/h3-11H,12-13H2,1-2H3,(H2,22,26)(H,23,27). The number of carbonyl (C=O) groups is 2. The van der Waals surface area contributed by atoms with Crippen LogP contribution >= 0.6 is 0 Å². The van der Waals surface area contributed by atoms with E-state index >= 15 is 0 Å². The van der Waals surface area contributed by atoms with E-state index in [4.69, 9.17) is 5.73 Å². The quantitative estimate of drug-likeness (QED) is 0.706. The number of primary amides is 1. The lowest BCUT2D eigenvalue weighted by molar-refractivity contribution is -0.117. The van der Waals surface area contributed by atoms with Gasteiger partial charge in [-0.15, -0.1) is 0 Å². The number of hydrogen-bond acceptors (Lipinski definition) is 3. The highest BCUT2D eigenvalue weighted by atomic mass is 16.2. The minimum absolute atomic E-state index is 0.0778. The van der Waals surface area contributed by atoms with E-state index in [0.717, 1.165) is 17.0 Å². The van der Waals surface area contributed by atoms with Crippen LogP contribution in [-0.2, 0) is 17.8 Å². The molecule has 0 aliphatic rings. The fourth-order valence-corrected chi connectivity index (χ4v) is 3.00. The number of rotatable bonds is 6. The Balaban J connectivity index is 1.78. The SMILES string of the molecule is Cc1cc(C)n(Cc2cccc(C(=O)Nc3ccccc3CC(N)=O)c2)n1. The predicted molar refractivity (Wildman–Crippen MR) is 105 cm³/mol. The molecule has 3 aromatic rings. The molecule has 0 unspecified atom stereocenters. The number of para-hydroxylation sites is 1. The van der Waals surface area contributed by atoms with Crippen LogP contribution in [0.4, 0.5) is 5.69 Å². The maximum Gasteiger partial charge on any atom is 0.255 e. The minimum Gasteiger partial charge on any atom is -0.369 e. The molecule has 2 aromatic carbocycles. The molecule has 0 aliphatic carbocycles. The summed E-state index contributed by atoms with van der Waals surface area (Å²) in [5, 5.41) is 7.33. The van der Waals surface area contributed by atoms with E-state index < -0.39 is 5.91 Å². The van der Waals surface area contributed by atoms with Gasteiger partial charge >= 0.3 is 0 Å². The van der Waals surface area contributed by atoms with Crippen molar-refractivity contribution in [2.45, 2.75) is 26.8 Å².